The van der Waals surface area contributed by atoms with Gasteiger partial charge in [0.1, 0.15) is 0 Å². The average Bonchev–Trinajstić information content (AvgIpc) is 2.73. The number of anilines is 1. The maximum absolute atomic E-state index is 12.2. The van der Waals surface area contributed by atoms with E-state index < -0.39 is 15.4 Å². The van der Waals surface area contributed by atoms with Crippen LogP contribution < -0.4 is 10.6 Å². The number of hydrogen-bond acceptors (Lipinski definition) is 4. The Kier molecular flexibility index (Phi) is 4.37. The molecule has 0 bridgehead atoms. The van der Waals surface area contributed by atoms with Crippen molar-refractivity contribution in [1.82, 2.24) is 5.32 Å². The van der Waals surface area contributed by atoms with Crippen LogP contribution in [0.1, 0.15) is 23.7 Å². The molecule has 0 aliphatic carbocycles. The molecule has 2 N–H and O–H groups in total. The molecule has 1 unspecified atom stereocenters. The molecule has 118 valence electrons. The molecule has 1 atom stereocenters. The van der Waals surface area contributed by atoms with Crippen molar-refractivity contribution >= 4 is 27.3 Å². The lowest BCUT2D eigenvalue weighted by atomic mass is 10.0. The monoisotopic (exact) mass is 322 g/mol. The molecule has 1 aliphatic rings. The number of sulfone groups is 1. The summed E-state index contributed by atoms with van der Waals surface area (Å²) in [6.45, 7) is 5.08. The summed E-state index contributed by atoms with van der Waals surface area (Å²) in [4.78, 5) is 23.4. The zero-order valence-corrected chi connectivity index (χ0v) is 13.1. The van der Waals surface area contributed by atoms with Crippen LogP contribution in [0.5, 0.6) is 0 Å². The predicted molar refractivity (Wildman–Crippen MR) is 84.4 cm³/mol. The normalized spacial score (nSPS) is 22.8. The van der Waals surface area contributed by atoms with Crippen LogP contribution in [-0.4, -0.2) is 37.3 Å². The number of nitrogens with one attached hydrogen (secondary N) is 2. The van der Waals surface area contributed by atoms with Gasteiger partial charge in [-0.2, -0.15) is 0 Å². The van der Waals surface area contributed by atoms with Crippen LogP contribution in [-0.2, 0) is 14.6 Å². The minimum absolute atomic E-state index is 0.0424. The highest BCUT2D eigenvalue weighted by Gasteiger charge is 2.39. The Bertz CT molecular complexity index is 710. The fourth-order valence-corrected chi connectivity index (χ4v) is 4.45. The van der Waals surface area contributed by atoms with E-state index in [1.807, 2.05) is 0 Å². The summed E-state index contributed by atoms with van der Waals surface area (Å²) in [6, 6.07) is 6.34. The van der Waals surface area contributed by atoms with Crippen LogP contribution >= 0.6 is 0 Å². The Morgan fingerprint density at radius 3 is 2.41 bits per heavy atom. The largest absolute Gasteiger partial charge is 0.346 e. The van der Waals surface area contributed by atoms with Crippen LogP contribution in [0.3, 0.4) is 0 Å². The van der Waals surface area contributed by atoms with Crippen molar-refractivity contribution in [2.75, 3.05) is 16.8 Å². The van der Waals surface area contributed by atoms with Crippen LogP contribution in [0.15, 0.2) is 36.9 Å². The van der Waals surface area contributed by atoms with Crippen molar-refractivity contribution in [2.45, 2.75) is 18.9 Å². The van der Waals surface area contributed by atoms with Crippen molar-refractivity contribution in [1.29, 1.82) is 0 Å². The number of carbonyl (C=O) groups excluding carboxylic acids is 2. The third kappa shape index (κ3) is 3.94. The Morgan fingerprint density at radius 2 is 1.91 bits per heavy atom. The first-order valence-electron chi connectivity index (χ1n) is 6.79. The lowest BCUT2D eigenvalue weighted by Crippen LogP contribution is -2.46. The van der Waals surface area contributed by atoms with Gasteiger partial charge >= 0.3 is 0 Å². The summed E-state index contributed by atoms with van der Waals surface area (Å²) < 4.78 is 23.1. The van der Waals surface area contributed by atoms with Gasteiger partial charge in [0.25, 0.3) is 5.91 Å². The van der Waals surface area contributed by atoms with Crippen LogP contribution in [0.4, 0.5) is 5.69 Å². The van der Waals surface area contributed by atoms with E-state index in [1.54, 1.807) is 31.2 Å². The van der Waals surface area contributed by atoms with E-state index in [1.165, 1.54) is 0 Å². The standard InChI is InChI=1S/C15H18N2O4S/c1-3-13(18)16-12-6-4-11(5-7-12)14(19)17-15(2)8-9-22(20,21)10-15/h3-7H,1,8-10H2,2H3,(H,16,18)(H,17,19). The van der Waals surface area contributed by atoms with Crippen molar-refractivity contribution in [3.63, 3.8) is 0 Å². The quantitative estimate of drug-likeness (QED) is 0.813. The van der Waals surface area contributed by atoms with Gasteiger partial charge in [-0.3, -0.25) is 9.59 Å². The molecule has 2 rings (SSSR count). The van der Waals surface area contributed by atoms with E-state index in [9.17, 15) is 18.0 Å². The first-order valence-corrected chi connectivity index (χ1v) is 8.62. The summed E-state index contributed by atoms with van der Waals surface area (Å²) in [7, 11) is -3.08. The second-order valence-electron chi connectivity index (χ2n) is 5.63. The molecular weight excluding hydrogens is 304 g/mol. The van der Waals surface area contributed by atoms with Gasteiger partial charge < -0.3 is 10.6 Å². The maximum Gasteiger partial charge on any atom is 0.251 e. The summed E-state index contributed by atoms with van der Waals surface area (Å²) in [5, 5.41) is 5.36. The molecule has 0 saturated carbocycles. The Hall–Kier alpha value is -2.15. The first-order chi connectivity index (χ1) is 10.2. The minimum atomic E-state index is -3.08. The van der Waals surface area contributed by atoms with Crippen LogP contribution in [0, 0.1) is 0 Å². The molecule has 0 radical (unpaired) electrons. The molecule has 0 spiro atoms. The van der Waals surface area contributed by atoms with Crippen molar-refractivity contribution < 1.29 is 18.0 Å². The molecule has 1 aliphatic heterocycles. The minimum Gasteiger partial charge on any atom is -0.346 e. The Morgan fingerprint density at radius 1 is 1.27 bits per heavy atom. The van der Waals surface area contributed by atoms with Gasteiger partial charge in [-0.25, -0.2) is 8.42 Å². The molecule has 7 heteroatoms. The highest BCUT2D eigenvalue weighted by molar-refractivity contribution is 7.91. The van der Waals surface area contributed by atoms with E-state index in [2.05, 4.69) is 17.2 Å². The fraction of sp³-hybridized carbons (Fsp3) is 0.333. The molecule has 1 aromatic rings. The number of benzene rings is 1. The van der Waals surface area contributed by atoms with Crippen LogP contribution in [0.25, 0.3) is 0 Å². The lowest BCUT2D eigenvalue weighted by Gasteiger charge is -2.23. The first kappa shape index (κ1) is 16.2. The Labute approximate surface area is 129 Å². The Balaban J connectivity index is 2.04. The van der Waals surface area contributed by atoms with E-state index in [4.69, 9.17) is 0 Å². The van der Waals surface area contributed by atoms with E-state index >= 15 is 0 Å². The molecule has 1 heterocycles. The highest BCUT2D eigenvalue weighted by atomic mass is 32.2. The van der Waals surface area contributed by atoms with Gasteiger partial charge in [-0.1, -0.05) is 6.58 Å². The molecule has 1 fully saturated rings. The topological polar surface area (TPSA) is 92.3 Å². The van der Waals surface area contributed by atoms with Gasteiger partial charge in [0.2, 0.25) is 5.91 Å². The summed E-state index contributed by atoms with van der Waals surface area (Å²) in [5.74, 6) is -0.614. The average molecular weight is 322 g/mol. The number of amides is 2. The van der Waals surface area contributed by atoms with Crippen molar-refractivity contribution in [3.8, 4) is 0 Å². The van der Waals surface area contributed by atoms with Gasteiger partial charge in [0.05, 0.1) is 17.0 Å². The maximum atomic E-state index is 12.2. The van der Waals surface area contributed by atoms with Gasteiger partial charge in [0, 0.05) is 11.3 Å². The van der Waals surface area contributed by atoms with Gasteiger partial charge in [0.15, 0.2) is 9.84 Å². The second kappa shape index (κ2) is 5.92. The number of rotatable bonds is 4. The third-order valence-electron chi connectivity index (χ3n) is 3.52. The smallest absolute Gasteiger partial charge is 0.251 e. The molecular formula is C15H18N2O4S. The highest BCUT2D eigenvalue weighted by Crippen LogP contribution is 2.23. The fourth-order valence-electron chi connectivity index (χ4n) is 2.35. The number of carbonyl (C=O) groups is 2. The van der Waals surface area contributed by atoms with E-state index in [0.29, 0.717) is 17.7 Å². The molecule has 6 nitrogen and oxygen atoms in total. The van der Waals surface area contributed by atoms with Crippen molar-refractivity contribution in [3.05, 3.63) is 42.5 Å². The molecule has 0 aromatic heterocycles. The molecule has 1 saturated heterocycles. The molecule has 22 heavy (non-hydrogen) atoms. The third-order valence-corrected chi connectivity index (χ3v) is 5.42. The zero-order valence-electron chi connectivity index (χ0n) is 12.3. The van der Waals surface area contributed by atoms with Crippen molar-refractivity contribution in [2.24, 2.45) is 0 Å². The SMILES string of the molecule is C=CC(=O)Nc1ccc(C(=O)NC2(C)CCS(=O)(=O)C2)cc1. The van der Waals surface area contributed by atoms with Gasteiger partial charge in [-0.05, 0) is 43.7 Å². The number of hydrogen-bond donors (Lipinski definition) is 2. The molecule has 2 amide bonds. The van der Waals surface area contributed by atoms with Gasteiger partial charge in [-0.15, -0.1) is 0 Å². The molecule has 1 aromatic carbocycles. The predicted octanol–water partition coefficient (Wildman–Crippen LogP) is 1.12. The van der Waals surface area contributed by atoms with E-state index in [0.717, 1.165) is 6.08 Å². The van der Waals surface area contributed by atoms with Crippen LogP contribution in [0.2, 0.25) is 0 Å². The van der Waals surface area contributed by atoms with E-state index in [-0.39, 0.29) is 23.3 Å². The zero-order chi connectivity index (χ0) is 16.4. The summed E-state index contributed by atoms with van der Waals surface area (Å²) in [5.41, 5.74) is 0.226. The lowest BCUT2D eigenvalue weighted by molar-refractivity contribution is -0.111. The second-order valence-corrected chi connectivity index (χ2v) is 7.81. The summed E-state index contributed by atoms with van der Waals surface area (Å²) >= 11 is 0. The summed E-state index contributed by atoms with van der Waals surface area (Å²) in [6.07, 6.45) is 1.57.